The summed E-state index contributed by atoms with van der Waals surface area (Å²) in [5, 5.41) is 3.21. The van der Waals surface area contributed by atoms with Crippen LogP contribution in [0.5, 0.6) is 0 Å². The zero-order chi connectivity index (χ0) is 15.0. The van der Waals surface area contributed by atoms with Gasteiger partial charge in [-0.3, -0.25) is 4.79 Å². The minimum absolute atomic E-state index is 0.188. The number of quaternary nitrogens is 1. The highest BCUT2D eigenvalue weighted by Gasteiger charge is 2.56. The number of amides is 1. The largest absolute Gasteiger partial charge is 0.320 e. The van der Waals surface area contributed by atoms with Crippen LogP contribution in [0.3, 0.4) is 0 Å². The summed E-state index contributed by atoms with van der Waals surface area (Å²) in [5.41, 5.74) is 3.01. The first-order valence-corrected chi connectivity index (χ1v) is 7.55. The fourth-order valence-electron chi connectivity index (χ4n) is 3.16. The van der Waals surface area contributed by atoms with Crippen LogP contribution in [0.15, 0.2) is 18.2 Å². The zero-order valence-corrected chi connectivity index (χ0v) is 13.4. The molecule has 0 unspecified atom stereocenters. The number of hydrogen-bond donors (Lipinski definition) is 1. The maximum absolute atomic E-state index is 12.9. The molecule has 3 heteroatoms. The van der Waals surface area contributed by atoms with Crippen molar-refractivity contribution in [1.82, 2.24) is 0 Å². The number of benzene rings is 1. The molecular formula is C17H27N2O+. The Kier molecular flexibility index (Phi) is 3.92. The number of carbonyl (C=O) groups is 1. The fourth-order valence-corrected chi connectivity index (χ4v) is 3.16. The molecule has 0 bridgehead atoms. The van der Waals surface area contributed by atoms with E-state index in [1.54, 1.807) is 0 Å². The van der Waals surface area contributed by atoms with Gasteiger partial charge in [-0.25, -0.2) is 0 Å². The Labute approximate surface area is 122 Å². The summed E-state index contributed by atoms with van der Waals surface area (Å²) in [6, 6.07) is 6.14. The number of likely N-dealkylation sites (N-methyl/N-ethyl adjacent to an activating group) is 1. The van der Waals surface area contributed by atoms with Gasteiger partial charge in [0.2, 0.25) is 0 Å². The molecule has 0 radical (unpaired) electrons. The SMILES string of the molecule is CC[N+](C)(C)C1(C(=O)Nc2c(C)cccc2C)CCC1. The van der Waals surface area contributed by atoms with Crippen molar-refractivity contribution < 1.29 is 9.28 Å². The molecule has 3 nitrogen and oxygen atoms in total. The van der Waals surface area contributed by atoms with E-state index in [0.717, 1.165) is 47.1 Å². The van der Waals surface area contributed by atoms with Gasteiger partial charge in [-0.2, -0.15) is 0 Å². The minimum Gasteiger partial charge on any atom is -0.320 e. The molecule has 0 spiro atoms. The fraction of sp³-hybridized carbons (Fsp3) is 0.588. The first kappa shape index (κ1) is 15.0. The quantitative estimate of drug-likeness (QED) is 0.840. The van der Waals surface area contributed by atoms with Crippen molar-refractivity contribution in [3.05, 3.63) is 29.3 Å². The molecule has 1 aromatic rings. The van der Waals surface area contributed by atoms with E-state index in [9.17, 15) is 4.79 Å². The molecule has 1 fully saturated rings. The number of rotatable bonds is 4. The highest BCUT2D eigenvalue weighted by atomic mass is 16.2. The van der Waals surface area contributed by atoms with E-state index in [4.69, 9.17) is 0 Å². The average molecular weight is 275 g/mol. The Morgan fingerprint density at radius 1 is 1.25 bits per heavy atom. The van der Waals surface area contributed by atoms with Crippen LogP contribution < -0.4 is 5.32 Å². The monoisotopic (exact) mass is 275 g/mol. The lowest BCUT2D eigenvalue weighted by molar-refractivity contribution is -0.936. The molecule has 0 aliphatic heterocycles. The maximum Gasteiger partial charge on any atom is 0.285 e. The van der Waals surface area contributed by atoms with Gasteiger partial charge in [0.25, 0.3) is 5.91 Å². The highest BCUT2D eigenvalue weighted by Crippen LogP contribution is 2.42. The van der Waals surface area contributed by atoms with E-state index in [2.05, 4.69) is 52.3 Å². The molecule has 20 heavy (non-hydrogen) atoms. The third kappa shape index (κ3) is 2.24. The summed E-state index contributed by atoms with van der Waals surface area (Å²) >= 11 is 0. The summed E-state index contributed by atoms with van der Waals surface area (Å²) in [4.78, 5) is 12.9. The number of para-hydroxylation sites is 1. The minimum atomic E-state index is -0.247. The second-order valence-corrected chi connectivity index (χ2v) is 6.61. The number of aryl methyl sites for hydroxylation is 2. The van der Waals surface area contributed by atoms with Crippen LogP contribution in [0, 0.1) is 13.8 Å². The topological polar surface area (TPSA) is 29.1 Å². The van der Waals surface area contributed by atoms with Crippen LogP contribution >= 0.6 is 0 Å². The number of anilines is 1. The van der Waals surface area contributed by atoms with Gasteiger partial charge in [-0.1, -0.05) is 18.2 Å². The van der Waals surface area contributed by atoms with Crippen molar-refractivity contribution in [3.8, 4) is 0 Å². The van der Waals surface area contributed by atoms with Gasteiger partial charge in [0.15, 0.2) is 5.54 Å². The third-order valence-electron chi connectivity index (χ3n) is 5.27. The predicted octanol–water partition coefficient (Wildman–Crippen LogP) is 3.26. The van der Waals surface area contributed by atoms with Gasteiger partial charge in [-0.05, 0) is 38.3 Å². The molecule has 1 aliphatic carbocycles. The summed E-state index contributed by atoms with van der Waals surface area (Å²) in [7, 11) is 4.34. The van der Waals surface area contributed by atoms with E-state index in [1.165, 1.54) is 0 Å². The van der Waals surface area contributed by atoms with E-state index < -0.39 is 0 Å². The van der Waals surface area contributed by atoms with Gasteiger partial charge in [0.05, 0.1) is 20.6 Å². The van der Waals surface area contributed by atoms with Gasteiger partial charge >= 0.3 is 0 Å². The summed E-state index contributed by atoms with van der Waals surface area (Å²) in [5.74, 6) is 0.188. The summed E-state index contributed by atoms with van der Waals surface area (Å²) in [6.07, 6.45) is 3.14. The van der Waals surface area contributed by atoms with Crippen molar-refractivity contribution in [2.75, 3.05) is 26.0 Å². The van der Waals surface area contributed by atoms with Crippen LogP contribution in [0.25, 0.3) is 0 Å². The van der Waals surface area contributed by atoms with Crippen LogP contribution in [0.4, 0.5) is 5.69 Å². The first-order valence-electron chi connectivity index (χ1n) is 7.55. The molecule has 0 saturated heterocycles. The van der Waals surface area contributed by atoms with Crippen molar-refractivity contribution in [2.45, 2.75) is 45.6 Å². The van der Waals surface area contributed by atoms with Crippen molar-refractivity contribution in [2.24, 2.45) is 0 Å². The molecule has 1 N–H and O–H groups in total. The normalized spacial score (nSPS) is 17.4. The second kappa shape index (κ2) is 5.21. The van der Waals surface area contributed by atoms with Crippen LogP contribution in [-0.4, -0.2) is 36.6 Å². The lowest BCUT2D eigenvalue weighted by Crippen LogP contribution is -2.69. The molecule has 0 heterocycles. The summed E-state index contributed by atoms with van der Waals surface area (Å²) < 4.78 is 0.768. The van der Waals surface area contributed by atoms with Gasteiger partial charge in [0.1, 0.15) is 0 Å². The summed E-state index contributed by atoms with van der Waals surface area (Å²) in [6.45, 7) is 7.23. The van der Waals surface area contributed by atoms with Gasteiger partial charge < -0.3 is 9.80 Å². The Morgan fingerprint density at radius 2 is 1.80 bits per heavy atom. The standard InChI is InChI=1S/C17H26N2O/c1-6-19(4,5)17(11-8-12-17)16(20)18-15-13(2)9-7-10-14(15)3/h7,9-10H,6,8,11-12H2,1-5H3/p+1. The van der Waals surface area contributed by atoms with E-state index >= 15 is 0 Å². The van der Waals surface area contributed by atoms with Crippen LogP contribution in [0.1, 0.15) is 37.3 Å². The second-order valence-electron chi connectivity index (χ2n) is 6.61. The number of nitrogens with one attached hydrogen (secondary N) is 1. The van der Waals surface area contributed by atoms with Crippen LogP contribution in [0.2, 0.25) is 0 Å². The first-order chi connectivity index (χ1) is 9.34. The smallest absolute Gasteiger partial charge is 0.285 e. The molecular weight excluding hydrogens is 248 g/mol. The van der Waals surface area contributed by atoms with Crippen LogP contribution in [-0.2, 0) is 4.79 Å². The van der Waals surface area contributed by atoms with Crippen molar-refractivity contribution >= 4 is 11.6 Å². The highest BCUT2D eigenvalue weighted by molar-refractivity contribution is 5.99. The molecule has 0 aromatic heterocycles. The van der Waals surface area contributed by atoms with Gasteiger partial charge in [-0.15, -0.1) is 0 Å². The van der Waals surface area contributed by atoms with Crippen molar-refractivity contribution in [3.63, 3.8) is 0 Å². The molecule has 1 aromatic carbocycles. The lowest BCUT2D eigenvalue weighted by atomic mass is 9.73. The Morgan fingerprint density at radius 3 is 2.20 bits per heavy atom. The number of nitrogens with zero attached hydrogens (tertiary/aromatic N) is 1. The molecule has 1 amide bonds. The molecule has 0 atom stereocenters. The Hall–Kier alpha value is -1.35. The predicted molar refractivity (Wildman–Crippen MR) is 83.8 cm³/mol. The van der Waals surface area contributed by atoms with E-state index in [0.29, 0.717) is 0 Å². The van der Waals surface area contributed by atoms with Crippen molar-refractivity contribution in [1.29, 1.82) is 0 Å². The zero-order valence-electron chi connectivity index (χ0n) is 13.4. The molecule has 110 valence electrons. The molecule has 1 aliphatic rings. The van der Waals surface area contributed by atoms with Gasteiger partial charge in [0, 0.05) is 18.5 Å². The molecule has 1 saturated carbocycles. The molecule has 2 rings (SSSR count). The maximum atomic E-state index is 12.9. The Balaban J connectivity index is 2.28. The Bertz CT molecular complexity index is 495. The third-order valence-corrected chi connectivity index (χ3v) is 5.27. The number of carbonyl (C=O) groups excluding carboxylic acids is 1. The lowest BCUT2D eigenvalue weighted by Gasteiger charge is -2.52. The van der Waals surface area contributed by atoms with E-state index in [-0.39, 0.29) is 11.4 Å². The van der Waals surface area contributed by atoms with E-state index in [1.807, 2.05) is 6.07 Å². The number of hydrogen-bond acceptors (Lipinski definition) is 1. The average Bonchev–Trinajstić information content (AvgIpc) is 2.32.